The van der Waals surface area contributed by atoms with Crippen LogP contribution in [-0.4, -0.2) is 48.6 Å². The molecule has 0 spiro atoms. The van der Waals surface area contributed by atoms with Gasteiger partial charge in [-0.3, -0.25) is 4.90 Å². The molecule has 1 atom stereocenters. The summed E-state index contributed by atoms with van der Waals surface area (Å²) in [6.07, 6.45) is 0. The van der Waals surface area contributed by atoms with Gasteiger partial charge in [0.2, 0.25) is 0 Å². The van der Waals surface area contributed by atoms with Crippen molar-refractivity contribution in [2.75, 3.05) is 26.7 Å². The first-order chi connectivity index (χ1) is 9.56. The Morgan fingerprint density at radius 3 is 2.55 bits per heavy atom. The summed E-state index contributed by atoms with van der Waals surface area (Å²) in [4.78, 5) is 5.03. The van der Waals surface area contributed by atoms with Gasteiger partial charge in [0.15, 0.2) is 0 Å². The first kappa shape index (κ1) is 15.5. The van der Waals surface area contributed by atoms with Crippen LogP contribution in [0.4, 0.5) is 0 Å². The van der Waals surface area contributed by atoms with Gasteiger partial charge in [0.25, 0.3) is 0 Å². The van der Waals surface area contributed by atoms with Crippen LogP contribution in [0.1, 0.15) is 31.9 Å². The lowest BCUT2D eigenvalue weighted by Crippen LogP contribution is -2.49. The minimum atomic E-state index is 0.533. The molecule has 0 radical (unpaired) electrons. The van der Waals surface area contributed by atoms with Gasteiger partial charge in [-0.1, -0.05) is 38.1 Å². The van der Waals surface area contributed by atoms with Crippen LogP contribution >= 0.6 is 0 Å². The maximum Gasteiger partial charge on any atom is 0.0240 e. The van der Waals surface area contributed by atoms with Gasteiger partial charge in [0.1, 0.15) is 0 Å². The van der Waals surface area contributed by atoms with E-state index in [1.807, 2.05) is 0 Å². The maximum absolute atomic E-state index is 3.53. The summed E-state index contributed by atoms with van der Waals surface area (Å²) >= 11 is 0. The molecule has 1 unspecified atom stereocenters. The fraction of sp³-hybridized carbons (Fsp3) is 0.647. The summed E-state index contributed by atoms with van der Waals surface area (Å²) in [6, 6.07) is 10.0. The van der Waals surface area contributed by atoms with Gasteiger partial charge in [-0.05, 0) is 25.1 Å². The lowest BCUT2D eigenvalue weighted by molar-refractivity contribution is 0.0935. The van der Waals surface area contributed by atoms with Gasteiger partial charge in [-0.25, -0.2) is 0 Å². The Morgan fingerprint density at radius 1 is 1.20 bits per heavy atom. The fourth-order valence-electron chi connectivity index (χ4n) is 2.83. The molecule has 20 heavy (non-hydrogen) atoms. The normalized spacial score (nSPS) is 21.6. The van der Waals surface area contributed by atoms with Crippen molar-refractivity contribution in [2.24, 2.45) is 0 Å². The predicted molar refractivity (Wildman–Crippen MR) is 85.8 cm³/mol. The SMILES string of the molecule is CC(C)NCc1ccccc1CN1CCN(C)CC1C. The molecular formula is C17H29N3. The second-order valence-electron chi connectivity index (χ2n) is 6.39. The van der Waals surface area contributed by atoms with Crippen LogP contribution in [-0.2, 0) is 13.1 Å². The smallest absolute Gasteiger partial charge is 0.0240 e. The first-order valence-electron chi connectivity index (χ1n) is 7.79. The van der Waals surface area contributed by atoms with E-state index in [2.05, 4.69) is 67.2 Å². The van der Waals surface area contributed by atoms with Crippen LogP contribution in [0.5, 0.6) is 0 Å². The number of nitrogens with one attached hydrogen (secondary N) is 1. The zero-order valence-electron chi connectivity index (χ0n) is 13.4. The Hall–Kier alpha value is -0.900. The number of piperazine rings is 1. The van der Waals surface area contributed by atoms with Gasteiger partial charge >= 0.3 is 0 Å². The Balaban J connectivity index is 2.01. The Morgan fingerprint density at radius 2 is 1.90 bits per heavy atom. The molecule has 1 aliphatic rings. The summed E-state index contributed by atoms with van der Waals surface area (Å²) in [5, 5.41) is 3.53. The number of hydrogen-bond acceptors (Lipinski definition) is 3. The molecule has 0 bridgehead atoms. The molecule has 0 amide bonds. The third-order valence-corrected chi connectivity index (χ3v) is 4.16. The fourth-order valence-corrected chi connectivity index (χ4v) is 2.83. The van der Waals surface area contributed by atoms with Crippen molar-refractivity contribution in [1.29, 1.82) is 0 Å². The number of benzene rings is 1. The highest BCUT2D eigenvalue weighted by atomic mass is 15.3. The summed E-state index contributed by atoms with van der Waals surface area (Å²) in [6.45, 7) is 12.3. The zero-order valence-corrected chi connectivity index (χ0v) is 13.4. The molecule has 3 nitrogen and oxygen atoms in total. The molecular weight excluding hydrogens is 246 g/mol. The van der Waals surface area contributed by atoms with Crippen molar-refractivity contribution >= 4 is 0 Å². The highest BCUT2D eigenvalue weighted by Gasteiger charge is 2.21. The number of hydrogen-bond donors (Lipinski definition) is 1. The van der Waals surface area contributed by atoms with Gasteiger partial charge in [0.05, 0.1) is 0 Å². The Bertz CT molecular complexity index is 416. The van der Waals surface area contributed by atoms with Crippen molar-refractivity contribution in [1.82, 2.24) is 15.1 Å². The van der Waals surface area contributed by atoms with Crippen LogP contribution in [0.25, 0.3) is 0 Å². The summed E-state index contributed by atoms with van der Waals surface area (Å²) in [5.74, 6) is 0. The van der Waals surface area contributed by atoms with Gasteiger partial charge in [0, 0.05) is 44.8 Å². The molecule has 0 aliphatic carbocycles. The number of rotatable bonds is 5. The second kappa shape index (κ2) is 7.21. The van der Waals surface area contributed by atoms with E-state index in [9.17, 15) is 0 Å². The van der Waals surface area contributed by atoms with Crippen LogP contribution in [0.3, 0.4) is 0 Å². The third-order valence-electron chi connectivity index (χ3n) is 4.16. The molecule has 1 saturated heterocycles. The van der Waals surface area contributed by atoms with E-state index in [1.54, 1.807) is 0 Å². The van der Waals surface area contributed by atoms with Gasteiger partial charge < -0.3 is 10.2 Å². The lowest BCUT2D eigenvalue weighted by Gasteiger charge is -2.38. The topological polar surface area (TPSA) is 18.5 Å². The molecule has 0 saturated carbocycles. The molecule has 1 N–H and O–H groups in total. The predicted octanol–water partition coefficient (Wildman–Crippen LogP) is 2.32. The minimum absolute atomic E-state index is 0.533. The van der Waals surface area contributed by atoms with Gasteiger partial charge in [-0.15, -0.1) is 0 Å². The van der Waals surface area contributed by atoms with E-state index in [-0.39, 0.29) is 0 Å². The quantitative estimate of drug-likeness (QED) is 0.890. The van der Waals surface area contributed by atoms with Crippen molar-refractivity contribution in [3.8, 4) is 0 Å². The minimum Gasteiger partial charge on any atom is -0.310 e. The van der Waals surface area contributed by atoms with E-state index < -0.39 is 0 Å². The first-order valence-corrected chi connectivity index (χ1v) is 7.79. The molecule has 1 heterocycles. The van der Waals surface area contributed by atoms with Crippen molar-refractivity contribution in [2.45, 2.75) is 45.9 Å². The van der Waals surface area contributed by atoms with Gasteiger partial charge in [-0.2, -0.15) is 0 Å². The van der Waals surface area contributed by atoms with E-state index in [4.69, 9.17) is 0 Å². The van der Waals surface area contributed by atoms with Crippen LogP contribution in [0.15, 0.2) is 24.3 Å². The molecule has 1 aromatic carbocycles. The lowest BCUT2D eigenvalue weighted by atomic mass is 10.0. The zero-order chi connectivity index (χ0) is 14.5. The standard InChI is InChI=1S/C17H29N3/c1-14(2)18-11-16-7-5-6-8-17(16)13-20-10-9-19(4)12-15(20)3/h5-8,14-15,18H,9-13H2,1-4H3. The second-order valence-corrected chi connectivity index (χ2v) is 6.39. The summed E-state index contributed by atoms with van der Waals surface area (Å²) in [5.41, 5.74) is 2.91. The maximum atomic E-state index is 3.53. The van der Waals surface area contributed by atoms with E-state index >= 15 is 0 Å². The average molecular weight is 275 g/mol. The Labute approximate surface area is 124 Å². The summed E-state index contributed by atoms with van der Waals surface area (Å²) < 4.78 is 0. The highest BCUT2D eigenvalue weighted by Crippen LogP contribution is 2.16. The monoisotopic (exact) mass is 275 g/mol. The largest absolute Gasteiger partial charge is 0.310 e. The molecule has 112 valence electrons. The number of nitrogens with zero attached hydrogens (tertiary/aromatic N) is 2. The van der Waals surface area contributed by atoms with Crippen molar-refractivity contribution in [3.63, 3.8) is 0 Å². The molecule has 1 aromatic rings. The van der Waals surface area contributed by atoms with Crippen LogP contribution < -0.4 is 5.32 Å². The van der Waals surface area contributed by atoms with E-state index in [0.29, 0.717) is 12.1 Å². The van der Waals surface area contributed by atoms with Crippen molar-refractivity contribution < 1.29 is 0 Å². The average Bonchev–Trinajstić information content (AvgIpc) is 2.41. The molecule has 0 aromatic heterocycles. The van der Waals surface area contributed by atoms with Crippen molar-refractivity contribution in [3.05, 3.63) is 35.4 Å². The van der Waals surface area contributed by atoms with Crippen LogP contribution in [0, 0.1) is 0 Å². The summed E-state index contributed by atoms with van der Waals surface area (Å²) in [7, 11) is 2.22. The molecule has 1 fully saturated rings. The highest BCUT2D eigenvalue weighted by molar-refractivity contribution is 5.27. The van der Waals surface area contributed by atoms with Crippen LogP contribution in [0.2, 0.25) is 0 Å². The number of likely N-dealkylation sites (N-methyl/N-ethyl adjacent to an activating group) is 1. The molecule has 1 aliphatic heterocycles. The molecule has 2 rings (SSSR count). The third kappa shape index (κ3) is 4.30. The van der Waals surface area contributed by atoms with E-state index in [1.165, 1.54) is 30.8 Å². The molecule has 3 heteroatoms. The Kier molecular flexibility index (Phi) is 5.58. The van der Waals surface area contributed by atoms with E-state index in [0.717, 1.165) is 13.1 Å².